The van der Waals surface area contributed by atoms with E-state index in [1.54, 1.807) is 0 Å². The second-order valence-electron chi connectivity index (χ2n) is 8.68. The summed E-state index contributed by atoms with van der Waals surface area (Å²) < 4.78 is 0. The van der Waals surface area contributed by atoms with E-state index in [0.29, 0.717) is 23.0 Å². The van der Waals surface area contributed by atoms with E-state index in [1.807, 2.05) is 11.8 Å². The van der Waals surface area contributed by atoms with Crippen LogP contribution in [0.5, 0.6) is 0 Å². The Morgan fingerprint density at radius 1 is 1.14 bits per heavy atom. The minimum Gasteiger partial charge on any atom is -0.392 e. The topological polar surface area (TPSA) is 45.0 Å². The maximum absolute atomic E-state index is 10.6. The molecule has 28 heavy (non-hydrogen) atoms. The van der Waals surface area contributed by atoms with Gasteiger partial charge in [0.1, 0.15) is 11.2 Å². The summed E-state index contributed by atoms with van der Waals surface area (Å²) in [5.74, 6) is 2.79. The molecule has 150 valence electrons. The molecule has 1 saturated heterocycles. The van der Waals surface area contributed by atoms with Gasteiger partial charge in [-0.25, -0.2) is 4.99 Å². The molecule has 8 unspecified atom stereocenters. The van der Waals surface area contributed by atoms with E-state index in [9.17, 15) is 5.11 Å². The standard InChI is InChI=1S/C23H30N2OS2/c1-27-21-13-17(24-23(25-21)15-7-2-4-10-18(15)26)14-9-6-12-20-22(14)16-8-3-5-11-19(16)28-20/h2-3,5,7-8,11,14-16,18-22,26H,4,6,9-10,12-13H2,1H3. The average molecular weight is 415 g/mol. The van der Waals surface area contributed by atoms with Gasteiger partial charge in [-0.2, -0.15) is 11.8 Å². The summed E-state index contributed by atoms with van der Waals surface area (Å²) in [6.45, 7) is 0. The van der Waals surface area contributed by atoms with Crippen LogP contribution in [0.3, 0.4) is 0 Å². The van der Waals surface area contributed by atoms with Crippen LogP contribution in [-0.4, -0.2) is 44.9 Å². The molecule has 5 aliphatic rings. The molecule has 0 spiro atoms. The molecule has 1 saturated carbocycles. The summed E-state index contributed by atoms with van der Waals surface area (Å²) in [5.41, 5.74) is 1.37. The van der Waals surface area contributed by atoms with Crippen molar-refractivity contribution in [1.29, 1.82) is 0 Å². The van der Waals surface area contributed by atoms with Crippen LogP contribution in [0.15, 0.2) is 46.4 Å². The lowest BCUT2D eigenvalue weighted by molar-refractivity contribution is 0.141. The average Bonchev–Trinajstić information content (AvgIpc) is 3.12. The van der Waals surface area contributed by atoms with Crippen molar-refractivity contribution in [3.63, 3.8) is 0 Å². The number of aliphatic hydroxyl groups is 1. The van der Waals surface area contributed by atoms with E-state index in [-0.39, 0.29) is 17.4 Å². The van der Waals surface area contributed by atoms with Gasteiger partial charge in [0.05, 0.1) is 12.0 Å². The predicted molar refractivity (Wildman–Crippen MR) is 122 cm³/mol. The second kappa shape index (κ2) is 8.16. The minimum atomic E-state index is -0.341. The van der Waals surface area contributed by atoms with Gasteiger partial charge < -0.3 is 5.11 Å². The maximum Gasteiger partial charge on any atom is 0.133 e. The Labute approximate surface area is 177 Å². The number of allylic oxidation sites excluding steroid dienone is 4. The fourth-order valence-electron chi connectivity index (χ4n) is 5.74. The fraction of sp³-hybridized carbons (Fsp3) is 0.652. The molecule has 3 aliphatic carbocycles. The molecule has 1 N–H and O–H groups in total. The van der Waals surface area contributed by atoms with Crippen LogP contribution < -0.4 is 0 Å². The molecule has 0 aromatic carbocycles. The Hall–Kier alpha value is -0.780. The zero-order valence-electron chi connectivity index (χ0n) is 16.5. The van der Waals surface area contributed by atoms with Crippen molar-refractivity contribution in [3.05, 3.63) is 36.5 Å². The van der Waals surface area contributed by atoms with E-state index in [2.05, 4.69) is 54.5 Å². The third-order valence-electron chi connectivity index (χ3n) is 7.10. The van der Waals surface area contributed by atoms with Crippen LogP contribution in [-0.2, 0) is 0 Å². The van der Waals surface area contributed by atoms with Crippen LogP contribution in [0.1, 0.15) is 38.5 Å². The predicted octanol–water partition coefficient (Wildman–Crippen LogP) is 4.89. The van der Waals surface area contributed by atoms with Crippen molar-refractivity contribution in [2.24, 2.45) is 33.7 Å². The molecule has 0 aromatic rings. The van der Waals surface area contributed by atoms with E-state index >= 15 is 0 Å². The van der Waals surface area contributed by atoms with Crippen molar-refractivity contribution in [1.82, 2.24) is 0 Å². The van der Waals surface area contributed by atoms with E-state index in [1.165, 1.54) is 25.0 Å². The van der Waals surface area contributed by atoms with Gasteiger partial charge in [-0.15, -0.1) is 11.8 Å². The SMILES string of the molecule is CSC1CC(C2CCCC3SC4C=CC=CC4C32)=NC(C2C=CCCC2O)=N1. The summed E-state index contributed by atoms with van der Waals surface area (Å²) in [6.07, 6.45) is 22.2. The minimum absolute atomic E-state index is 0.0266. The Kier molecular flexibility index (Phi) is 5.59. The molecule has 2 aliphatic heterocycles. The number of thioether (sulfide) groups is 2. The van der Waals surface area contributed by atoms with E-state index in [4.69, 9.17) is 9.98 Å². The third-order valence-corrected chi connectivity index (χ3v) is 9.60. The lowest BCUT2D eigenvalue weighted by atomic mass is 9.68. The summed E-state index contributed by atoms with van der Waals surface area (Å²) >= 11 is 4.03. The third kappa shape index (κ3) is 3.48. The van der Waals surface area contributed by atoms with Crippen molar-refractivity contribution >= 4 is 35.1 Å². The van der Waals surface area contributed by atoms with Crippen LogP contribution in [0.4, 0.5) is 0 Å². The van der Waals surface area contributed by atoms with Gasteiger partial charge >= 0.3 is 0 Å². The largest absolute Gasteiger partial charge is 0.392 e. The number of amidine groups is 1. The van der Waals surface area contributed by atoms with E-state index in [0.717, 1.165) is 30.3 Å². The fourth-order valence-corrected chi connectivity index (χ4v) is 8.18. The summed E-state index contributed by atoms with van der Waals surface area (Å²) in [6, 6.07) is 0. The first kappa shape index (κ1) is 19.2. The normalized spacial score (nSPS) is 44.6. The van der Waals surface area contributed by atoms with Crippen molar-refractivity contribution < 1.29 is 5.11 Å². The molecule has 2 fully saturated rings. The van der Waals surface area contributed by atoms with Crippen LogP contribution >= 0.6 is 23.5 Å². The number of aliphatic hydroxyl groups excluding tert-OH is 1. The highest BCUT2D eigenvalue weighted by atomic mass is 32.2. The molecule has 2 heterocycles. The first-order chi connectivity index (χ1) is 13.7. The number of hydrogen-bond acceptors (Lipinski definition) is 5. The van der Waals surface area contributed by atoms with Gasteiger partial charge in [0.25, 0.3) is 0 Å². The second-order valence-corrected chi connectivity index (χ2v) is 11.1. The monoisotopic (exact) mass is 414 g/mol. The number of aliphatic imine (C=N–C) groups is 2. The van der Waals surface area contributed by atoms with Gasteiger partial charge in [-0.05, 0) is 43.8 Å². The van der Waals surface area contributed by atoms with Gasteiger partial charge in [0.15, 0.2) is 0 Å². The first-order valence-electron chi connectivity index (χ1n) is 10.8. The van der Waals surface area contributed by atoms with Gasteiger partial charge in [0, 0.05) is 28.6 Å². The molecule has 0 amide bonds. The first-order valence-corrected chi connectivity index (χ1v) is 13.0. The summed E-state index contributed by atoms with van der Waals surface area (Å²) in [7, 11) is 0. The summed E-state index contributed by atoms with van der Waals surface area (Å²) in [4.78, 5) is 10.1. The van der Waals surface area contributed by atoms with Crippen LogP contribution in [0, 0.1) is 23.7 Å². The highest BCUT2D eigenvalue weighted by molar-refractivity contribution is 8.01. The van der Waals surface area contributed by atoms with Gasteiger partial charge in [0.2, 0.25) is 0 Å². The molecule has 5 rings (SSSR count). The number of fused-ring (bicyclic) bond motifs is 3. The van der Waals surface area contributed by atoms with Crippen molar-refractivity contribution in [3.8, 4) is 0 Å². The molecule has 0 bridgehead atoms. The Morgan fingerprint density at radius 2 is 2.04 bits per heavy atom. The Bertz CT molecular complexity index is 756. The van der Waals surface area contributed by atoms with Crippen molar-refractivity contribution in [2.45, 2.75) is 60.5 Å². The lowest BCUT2D eigenvalue weighted by Crippen LogP contribution is -2.40. The van der Waals surface area contributed by atoms with Crippen LogP contribution in [0.2, 0.25) is 0 Å². The molecule has 0 aromatic heterocycles. The lowest BCUT2D eigenvalue weighted by Gasteiger charge is -2.38. The molecular weight excluding hydrogens is 384 g/mol. The van der Waals surface area contributed by atoms with Gasteiger partial charge in [-0.3, -0.25) is 4.99 Å². The molecule has 8 atom stereocenters. The number of rotatable bonds is 3. The Morgan fingerprint density at radius 3 is 2.89 bits per heavy atom. The molecular formula is C23H30N2OS2. The zero-order valence-corrected chi connectivity index (χ0v) is 18.1. The highest BCUT2D eigenvalue weighted by Gasteiger charge is 2.49. The van der Waals surface area contributed by atoms with E-state index < -0.39 is 0 Å². The summed E-state index contributed by atoms with van der Waals surface area (Å²) in [5, 5.41) is 12.2. The highest BCUT2D eigenvalue weighted by Crippen LogP contribution is 2.54. The quantitative estimate of drug-likeness (QED) is 0.669. The smallest absolute Gasteiger partial charge is 0.133 e. The number of hydrogen-bond donors (Lipinski definition) is 1. The van der Waals surface area contributed by atoms with Gasteiger partial charge in [-0.1, -0.05) is 42.9 Å². The zero-order chi connectivity index (χ0) is 19.1. The number of nitrogens with zero attached hydrogens (tertiary/aromatic N) is 2. The molecule has 3 nitrogen and oxygen atoms in total. The van der Waals surface area contributed by atoms with Crippen molar-refractivity contribution in [2.75, 3.05) is 6.26 Å². The molecule has 0 radical (unpaired) electrons. The Balaban J connectivity index is 1.46. The maximum atomic E-state index is 10.6. The molecule has 5 heteroatoms. The van der Waals surface area contributed by atoms with Crippen LogP contribution in [0.25, 0.3) is 0 Å².